The van der Waals surface area contributed by atoms with Crippen LogP contribution in [0.15, 0.2) is 54.6 Å². The van der Waals surface area contributed by atoms with Gasteiger partial charge in [0, 0.05) is 25.0 Å². The van der Waals surface area contributed by atoms with Crippen LogP contribution in [-0.2, 0) is 13.1 Å². The Hall–Kier alpha value is -1.64. The van der Waals surface area contributed by atoms with Crippen molar-refractivity contribution >= 4 is 0 Å². The predicted octanol–water partition coefficient (Wildman–Crippen LogP) is 3.76. The lowest BCUT2D eigenvalue weighted by Gasteiger charge is -2.34. The summed E-state index contributed by atoms with van der Waals surface area (Å²) in [5, 5.41) is 10.7. The molecule has 1 atom stereocenters. The fraction of sp³-hybridized carbons (Fsp3) is 0.368. The summed E-state index contributed by atoms with van der Waals surface area (Å²) in [6.07, 6.45) is -0.442. The average Bonchev–Trinajstić information content (AvgIpc) is 2.88. The molecule has 21 heavy (non-hydrogen) atoms. The largest absolute Gasteiger partial charge is 0.388 e. The lowest BCUT2D eigenvalue weighted by molar-refractivity contribution is 0.0191. The minimum atomic E-state index is -0.442. The molecule has 0 aliphatic carbocycles. The Morgan fingerprint density at radius 1 is 0.952 bits per heavy atom. The summed E-state index contributed by atoms with van der Waals surface area (Å²) in [5.74, 6) is 0. The summed E-state index contributed by atoms with van der Waals surface area (Å²) < 4.78 is 0. The lowest BCUT2D eigenvalue weighted by atomic mass is 9.82. The second-order valence-corrected chi connectivity index (χ2v) is 6.72. The van der Waals surface area contributed by atoms with Crippen molar-refractivity contribution < 1.29 is 5.11 Å². The minimum Gasteiger partial charge on any atom is -0.388 e. The van der Waals surface area contributed by atoms with E-state index in [2.05, 4.69) is 43.0 Å². The molecule has 0 bridgehead atoms. The lowest BCUT2D eigenvalue weighted by Crippen LogP contribution is -2.35. The van der Waals surface area contributed by atoms with E-state index in [1.807, 2.05) is 30.3 Å². The number of benzene rings is 2. The number of hydrogen-bond donors (Lipinski definition) is 1. The molecule has 1 aliphatic rings. The van der Waals surface area contributed by atoms with Crippen molar-refractivity contribution in [2.24, 2.45) is 5.41 Å². The van der Waals surface area contributed by atoms with Gasteiger partial charge >= 0.3 is 0 Å². The third-order valence-electron chi connectivity index (χ3n) is 4.39. The Morgan fingerprint density at radius 3 is 2.05 bits per heavy atom. The molecule has 1 aliphatic heterocycles. The van der Waals surface area contributed by atoms with Gasteiger partial charge in [-0.05, 0) is 16.7 Å². The van der Waals surface area contributed by atoms with Gasteiger partial charge in [-0.2, -0.15) is 0 Å². The quantitative estimate of drug-likeness (QED) is 0.922. The van der Waals surface area contributed by atoms with Crippen LogP contribution in [0.1, 0.15) is 36.6 Å². The molecule has 2 aromatic rings. The van der Waals surface area contributed by atoms with Crippen LogP contribution in [0.4, 0.5) is 0 Å². The first-order chi connectivity index (χ1) is 10.1. The first-order valence-electron chi connectivity index (χ1n) is 7.58. The number of aliphatic hydroxyl groups is 1. The number of nitrogens with zero attached hydrogens (tertiary/aromatic N) is 1. The molecule has 0 aromatic heterocycles. The van der Waals surface area contributed by atoms with Gasteiger partial charge in [0.1, 0.15) is 0 Å². The Morgan fingerprint density at radius 2 is 1.48 bits per heavy atom. The van der Waals surface area contributed by atoms with Gasteiger partial charge in [0.15, 0.2) is 0 Å². The molecule has 0 saturated carbocycles. The number of aliphatic hydroxyl groups excluding tert-OH is 1. The highest BCUT2D eigenvalue weighted by Gasteiger charge is 2.33. The van der Waals surface area contributed by atoms with E-state index in [1.165, 1.54) is 11.1 Å². The standard InChI is InChI=1S/C19H23NO/c1-19(2,18(21)15-8-4-3-5-9-15)14-20-12-16-10-6-7-11-17(16)13-20/h3-11,18,21H,12-14H2,1-2H3. The van der Waals surface area contributed by atoms with Crippen molar-refractivity contribution in [3.8, 4) is 0 Å². The summed E-state index contributed by atoms with van der Waals surface area (Å²) in [6.45, 7) is 7.15. The van der Waals surface area contributed by atoms with Gasteiger partial charge in [0.25, 0.3) is 0 Å². The molecule has 1 unspecified atom stereocenters. The smallest absolute Gasteiger partial charge is 0.0853 e. The Balaban J connectivity index is 1.70. The van der Waals surface area contributed by atoms with Crippen LogP contribution in [-0.4, -0.2) is 16.6 Å². The average molecular weight is 281 g/mol. The van der Waals surface area contributed by atoms with Crippen molar-refractivity contribution in [3.63, 3.8) is 0 Å². The Labute approximate surface area is 127 Å². The van der Waals surface area contributed by atoms with Gasteiger partial charge in [-0.3, -0.25) is 4.90 Å². The molecule has 110 valence electrons. The fourth-order valence-corrected chi connectivity index (χ4v) is 3.26. The maximum absolute atomic E-state index is 10.7. The third-order valence-corrected chi connectivity index (χ3v) is 4.39. The van der Waals surface area contributed by atoms with Gasteiger partial charge in [0.2, 0.25) is 0 Å². The second kappa shape index (κ2) is 5.63. The van der Waals surface area contributed by atoms with Crippen LogP contribution < -0.4 is 0 Å². The van der Waals surface area contributed by atoms with E-state index in [4.69, 9.17) is 0 Å². The Bertz CT molecular complexity index is 581. The fourth-order valence-electron chi connectivity index (χ4n) is 3.26. The van der Waals surface area contributed by atoms with Gasteiger partial charge in [0.05, 0.1) is 6.10 Å². The monoisotopic (exact) mass is 281 g/mol. The summed E-state index contributed by atoms with van der Waals surface area (Å²) in [4.78, 5) is 2.43. The highest BCUT2D eigenvalue weighted by molar-refractivity contribution is 5.30. The molecule has 2 nitrogen and oxygen atoms in total. The molecule has 0 saturated heterocycles. The number of rotatable bonds is 4. The first kappa shape index (κ1) is 14.3. The highest BCUT2D eigenvalue weighted by atomic mass is 16.3. The SMILES string of the molecule is CC(C)(CN1Cc2ccccc2C1)C(O)c1ccccc1. The predicted molar refractivity (Wildman–Crippen MR) is 85.7 cm³/mol. The molecule has 0 radical (unpaired) electrons. The van der Waals surface area contributed by atoms with Crippen molar-refractivity contribution in [1.82, 2.24) is 4.90 Å². The zero-order valence-corrected chi connectivity index (χ0v) is 12.8. The molecule has 0 amide bonds. The van der Waals surface area contributed by atoms with Crippen LogP contribution in [0.25, 0.3) is 0 Å². The summed E-state index contributed by atoms with van der Waals surface area (Å²) in [6, 6.07) is 18.6. The molecule has 1 heterocycles. The zero-order chi connectivity index (χ0) is 14.9. The van der Waals surface area contributed by atoms with E-state index in [-0.39, 0.29) is 5.41 Å². The van der Waals surface area contributed by atoms with E-state index < -0.39 is 6.10 Å². The minimum absolute atomic E-state index is 0.177. The summed E-state index contributed by atoms with van der Waals surface area (Å²) >= 11 is 0. The molecule has 2 aromatic carbocycles. The van der Waals surface area contributed by atoms with Crippen molar-refractivity contribution in [2.45, 2.75) is 33.0 Å². The van der Waals surface area contributed by atoms with E-state index in [0.29, 0.717) is 0 Å². The maximum atomic E-state index is 10.7. The van der Waals surface area contributed by atoms with Gasteiger partial charge in [-0.25, -0.2) is 0 Å². The normalized spacial score (nSPS) is 16.7. The van der Waals surface area contributed by atoms with Crippen molar-refractivity contribution in [3.05, 3.63) is 71.3 Å². The van der Waals surface area contributed by atoms with Crippen LogP contribution in [0.3, 0.4) is 0 Å². The first-order valence-corrected chi connectivity index (χ1v) is 7.58. The van der Waals surface area contributed by atoms with E-state index in [9.17, 15) is 5.11 Å². The third kappa shape index (κ3) is 3.02. The summed E-state index contributed by atoms with van der Waals surface area (Å²) in [7, 11) is 0. The molecule has 0 fully saturated rings. The zero-order valence-electron chi connectivity index (χ0n) is 12.8. The topological polar surface area (TPSA) is 23.5 Å². The second-order valence-electron chi connectivity index (χ2n) is 6.72. The van der Waals surface area contributed by atoms with E-state index in [0.717, 1.165) is 25.2 Å². The number of fused-ring (bicyclic) bond motifs is 1. The molecule has 2 heteroatoms. The Kier molecular flexibility index (Phi) is 3.83. The molecule has 0 spiro atoms. The maximum Gasteiger partial charge on any atom is 0.0853 e. The number of hydrogen-bond acceptors (Lipinski definition) is 2. The molecule has 1 N–H and O–H groups in total. The van der Waals surface area contributed by atoms with Crippen molar-refractivity contribution in [2.75, 3.05) is 6.54 Å². The highest BCUT2D eigenvalue weighted by Crippen LogP contribution is 2.36. The van der Waals surface area contributed by atoms with Crippen LogP contribution in [0.5, 0.6) is 0 Å². The van der Waals surface area contributed by atoms with E-state index in [1.54, 1.807) is 0 Å². The molecule has 3 rings (SSSR count). The van der Waals surface area contributed by atoms with Crippen LogP contribution >= 0.6 is 0 Å². The summed E-state index contributed by atoms with van der Waals surface area (Å²) in [5.41, 5.74) is 3.66. The van der Waals surface area contributed by atoms with Gasteiger partial charge < -0.3 is 5.11 Å². The van der Waals surface area contributed by atoms with Crippen LogP contribution in [0, 0.1) is 5.41 Å². The van der Waals surface area contributed by atoms with E-state index >= 15 is 0 Å². The van der Waals surface area contributed by atoms with Crippen molar-refractivity contribution in [1.29, 1.82) is 0 Å². The van der Waals surface area contributed by atoms with Crippen LogP contribution in [0.2, 0.25) is 0 Å². The van der Waals surface area contributed by atoms with Gasteiger partial charge in [-0.15, -0.1) is 0 Å². The molecular weight excluding hydrogens is 258 g/mol. The molecular formula is C19H23NO. The van der Waals surface area contributed by atoms with Gasteiger partial charge in [-0.1, -0.05) is 68.4 Å².